The van der Waals surface area contributed by atoms with Crippen molar-refractivity contribution in [3.8, 4) is 0 Å². The van der Waals surface area contributed by atoms with Crippen molar-refractivity contribution in [1.29, 1.82) is 0 Å². The fourth-order valence-electron chi connectivity index (χ4n) is 3.65. The highest BCUT2D eigenvalue weighted by molar-refractivity contribution is 5.88. The normalized spacial score (nSPS) is 51.9. The monoisotopic (exact) mass is 165 g/mol. The molecule has 1 saturated heterocycles. The summed E-state index contributed by atoms with van der Waals surface area (Å²) in [5, 5.41) is 0. The van der Waals surface area contributed by atoms with Crippen LogP contribution in [-0.4, -0.2) is 30.3 Å². The summed E-state index contributed by atoms with van der Waals surface area (Å²) in [5.74, 6) is 2.58. The van der Waals surface area contributed by atoms with Crippen LogP contribution in [-0.2, 0) is 4.79 Å². The first-order chi connectivity index (χ1) is 5.77. The molecule has 2 heteroatoms. The summed E-state index contributed by atoms with van der Waals surface area (Å²) in [6.07, 6.45) is 3.70. The third kappa shape index (κ3) is 0.674. The Morgan fingerprint density at radius 1 is 1.42 bits per heavy atom. The SMILES string of the molecule is CN1C[C@@H]2C[C@@H]3CC[C@H]2[C@@H]1C3=O. The van der Waals surface area contributed by atoms with E-state index in [1.165, 1.54) is 25.8 Å². The lowest BCUT2D eigenvalue weighted by atomic mass is 9.64. The summed E-state index contributed by atoms with van der Waals surface area (Å²) in [4.78, 5) is 14.1. The molecule has 12 heavy (non-hydrogen) atoms. The minimum absolute atomic E-state index is 0.322. The zero-order chi connectivity index (χ0) is 8.29. The molecule has 0 radical (unpaired) electrons. The molecule has 0 aromatic rings. The van der Waals surface area contributed by atoms with Crippen molar-refractivity contribution >= 4 is 5.78 Å². The number of rotatable bonds is 0. The van der Waals surface area contributed by atoms with Crippen LogP contribution in [0, 0.1) is 17.8 Å². The second-order valence-electron chi connectivity index (χ2n) is 4.72. The van der Waals surface area contributed by atoms with E-state index in [4.69, 9.17) is 0 Å². The minimum atomic E-state index is 0.322. The molecule has 4 fully saturated rings. The van der Waals surface area contributed by atoms with E-state index in [-0.39, 0.29) is 0 Å². The highest BCUT2D eigenvalue weighted by atomic mass is 16.1. The molecule has 4 rings (SSSR count). The number of ketones is 1. The van der Waals surface area contributed by atoms with Crippen molar-refractivity contribution in [2.45, 2.75) is 25.3 Å². The van der Waals surface area contributed by atoms with Crippen molar-refractivity contribution in [3.05, 3.63) is 0 Å². The maximum absolute atomic E-state index is 11.8. The molecule has 4 aliphatic rings. The topological polar surface area (TPSA) is 20.3 Å². The van der Waals surface area contributed by atoms with Crippen LogP contribution < -0.4 is 0 Å². The Bertz CT molecular complexity index is 238. The summed E-state index contributed by atoms with van der Waals surface area (Å²) < 4.78 is 0. The average molecular weight is 165 g/mol. The maximum atomic E-state index is 11.8. The molecule has 3 saturated carbocycles. The smallest absolute Gasteiger partial charge is 0.153 e. The molecular formula is C10H15NO. The Labute approximate surface area is 72.9 Å². The number of fused-ring (bicyclic) bond motifs is 1. The van der Waals surface area contributed by atoms with Crippen LogP contribution in [0.25, 0.3) is 0 Å². The fourth-order valence-corrected chi connectivity index (χ4v) is 3.65. The van der Waals surface area contributed by atoms with Gasteiger partial charge in [-0.3, -0.25) is 9.69 Å². The zero-order valence-electron chi connectivity index (χ0n) is 7.49. The van der Waals surface area contributed by atoms with Gasteiger partial charge in [0.05, 0.1) is 6.04 Å². The highest BCUT2D eigenvalue weighted by Gasteiger charge is 2.53. The lowest BCUT2D eigenvalue weighted by Crippen LogP contribution is -2.48. The summed E-state index contributed by atoms with van der Waals surface area (Å²) >= 11 is 0. The molecule has 4 atom stereocenters. The van der Waals surface area contributed by atoms with Gasteiger partial charge in [-0.2, -0.15) is 0 Å². The molecule has 66 valence electrons. The van der Waals surface area contributed by atoms with Gasteiger partial charge in [-0.15, -0.1) is 0 Å². The number of hydrogen-bond donors (Lipinski definition) is 0. The van der Waals surface area contributed by atoms with E-state index < -0.39 is 0 Å². The number of nitrogens with zero attached hydrogens (tertiary/aromatic N) is 1. The van der Waals surface area contributed by atoms with Gasteiger partial charge in [0.15, 0.2) is 5.78 Å². The fraction of sp³-hybridized carbons (Fsp3) is 0.900. The van der Waals surface area contributed by atoms with Gasteiger partial charge in [0, 0.05) is 12.5 Å². The van der Waals surface area contributed by atoms with Crippen LogP contribution in [0.1, 0.15) is 19.3 Å². The first-order valence-electron chi connectivity index (χ1n) is 5.01. The molecule has 0 aromatic carbocycles. The minimum Gasteiger partial charge on any atom is -0.298 e. The summed E-state index contributed by atoms with van der Waals surface area (Å²) in [7, 11) is 2.11. The van der Waals surface area contributed by atoms with Crippen LogP contribution in [0.15, 0.2) is 0 Å². The van der Waals surface area contributed by atoms with Crippen molar-refractivity contribution in [1.82, 2.24) is 4.90 Å². The van der Waals surface area contributed by atoms with Crippen LogP contribution in [0.3, 0.4) is 0 Å². The first kappa shape index (κ1) is 7.07. The van der Waals surface area contributed by atoms with Gasteiger partial charge in [-0.25, -0.2) is 0 Å². The Balaban J connectivity index is 2.02. The first-order valence-corrected chi connectivity index (χ1v) is 5.01. The average Bonchev–Trinajstić information content (AvgIpc) is 2.33. The van der Waals surface area contributed by atoms with Crippen molar-refractivity contribution in [3.63, 3.8) is 0 Å². The standard InChI is InChI=1S/C10H15NO/c1-11-5-7-4-6-2-3-8(7)9(11)10(6)12/h6-9H,2-5H2,1H3/t6-,7-,8+,9+/m0/s1. The number of hydrogen-bond acceptors (Lipinski definition) is 2. The number of likely N-dealkylation sites (N-methyl/N-ethyl adjacent to an activating group) is 1. The molecule has 1 heterocycles. The van der Waals surface area contributed by atoms with Crippen LogP contribution >= 0.6 is 0 Å². The molecular weight excluding hydrogens is 150 g/mol. The molecule has 4 bridgehead atoms. The van der Waals surface area contributed by atoms with Crippen molar-refractivity contribution < 1.29 is 4.79 Å². The van der Waals surface area contributed by atoms with E-state index in [0.29, 0.717) is 17.7 Å². The number of carbonyl (C=O) groups is 1. The largest absolute Gasteiger partial charge is 0.298 e. The molecule has 2 nitrogen and oxygen atoms in total. The van der Waals surface area contributed by atoms with Crippen LogP contribution in [0.2, 0.25) is 0 Å². The third-order valence-corrected chi connectivity index (χ3v) is 4.14. The van der Waals surface area contributed by atoms with Gasteiger partial charge < -0.3 is 0 Å². The lowest BCUT2D eigenvalue weighted by molar-refractivity contribution is -0.134. The quantitative estimate of drug-likeness (QED) is 0.532. The summed E-state index contributed by atoms with van der Waals surface area (Å²) in [6.45, 7) is 1.18. The third-order valence-electron chi connectivity index (χ3n) is 4.14. The number of carbonyl (C=O) groups excluding carboxylic acids is 1. The van der Waals surface area contributed by atoms with Crippen molar-refractivity contribution in [2.24, 2.45) is 17.8 Å². The second-order valence-corrected chi connectivity index (χ2v) is 4.72. The van der Waals surface area contributed by atoms with E-state index in [1.807, 2.05) is 0 Å². The summed E-state index contributed by atoms with van der Waals surface area (Å²) in [6, 6.07) is 0.322. The Hall–Kier alpha value is -0.370. The molecule has 0 aromatic heterocycles. The van der Waals surface area contributed by atoms with E-state index in [9.17, 15) is 4.79 Å². The zero-order valence-corrected chi connectivity index (χ0v) is 7.49. The molecule has 0 unspecified atom stereocenters. The van der Waals surface area contributed by atoms with E-state index in [1.54, 1.807) is 0 Å². The lowest BCUT2D eigenvalue weighted by Gasteiger charge is -2.40. The van der Waals surface area contributed by atoms with Gasteiger partial charge in [-0.1, -0.05) is 0 Å². The molecule has 0 amide bonds. The molecule has 1 aliphatic heterocycles. The Kier molecular flexibility index (Phi) is 1.24. The van der Waals surface area contributed by atoms with E-state index in [2.05, 4.69) is 11.9 Å². The van der Waals surface area contributed by atoms with Crippen molar-refractivity contribution in [2.75, 3.05) is 13.6 Å². The predicted molar refractivity (Wildman–Crippen MR) is 45.7 cm³/mol. The Morgan fingerprint density at radius 2 is 2.25 bits per heavy atom. The number of Topliss-reactive ketones (excluding diaryl/α,β-unsaturated/α-hetero) is 1. The Morgan fingerprint density at radius 3 is 3.00 bits per heavy atom. The predicted octanol–water partition coefficient (Wildman–Crippen LogP) is 0.916. The molecule has 0 N–H and O–H groups in total. The second kappa shape index (κ2) is 2.11. The van der Waals surface area contributed by atoms with Gasteiger partial charge in [-0.05, 0) is 38.1 Å². The van der Waals surface area contributed by atoms with E-state index >= 15 is 0 Å². The molecule has 0 spiro atoms. The van der Waals surface area contributed by atoms with Gasteiger partial charge in [0.2, 0.25) is 0 Å². The highest BCUT2D eigenvalue weighted by Crippen LogP contribution is 2.49. The van der Waals surface area contributed by atoms with Gasteiger partial charge in [0.1, 0.15) is 0 Å². The summed E-state index contributed by atoms with van der Waals surface area (Å²) in [5.41, 5.74) is 0. The maximum Gasteiger partial charge on any atom is 0.153 e. The van der Waals surface area contributed by atoms with E-state index in [0.717, 1.165) is 11.8 Å². The number of likely N-dealkylation sites (tertiary alicyclic amines) is 1. The van der Waals surface area contributed by atoms with Gasteiger partial charge in [0.25, 0.3) is 0 Å². The van der Waals surface area contributed by atoms with Gasteiger partial charge >= 0.3 is 0 Å². The van der Waals surface area contributed by atoms with Crippen LogP contribution in [0.5, 0.6) is 0 Å². The molecule has 3 aliphatic carbocycles. The van der Waals surface area contributed by atoms with Crippen LogP contribution in [0.4, 0.5) is 0 Å².